The summed E-state index contributed by atoms with van der Waals surface area (Å²) in [5.41, 5.74) is -0.0464. The fourth-order valence-electron chi connectivity index (χ4n) is 2.20. The summed E-state index contributed by atoms with van der Waals surface area (Å²) in [5.74, 6) is 1.50. The van der Waals surface area contributed by atoms with Crippen LogP contribution in [-0.4, -0.2) is 31.7 Å². The fourth-order valence-corrected chi connectivity index (χ4v) is 2.20. The first-order valence-electron chi connectivity index (χ1n) is 6.36. The molecule has 1 unspecified atom stereocenters. The third-order valence-electron chi connectivity index (χ3n) is 3.31. The first-order chi connectivity index (χ1) is 9.20. The molecule has 0 aliphatic carbocycles. The summed E-state index contributed by atoms with van der Waals surface area (Å²) in [6, 6.07) is 4.57. The van der Waals surface area contributed by atoms with Crippen LogP contribution < -0.4 is 14.8 Å². The van der Waals surface area contributed by atoms with Crippen LogP contribution in [0.1, 0.15) is 12.8 Å². The summed E-state index contributed by atoms with van der Waals surface area (Å²) in [7, 11) is 1.41. The maximum absolute atomic E-state index is 10.8. The highest BCUT2D eigenvalue weighted by atomic mass is 16.6. The summed E-state index contributed by atoms with van der Waals surface area (Å²) in [6.45, 7) is 2.75. The zero-order chi connectivity index (χ0) is 13.7. The highest BCUT2D eigenvalue weighted by Gasteiger charge is 2.16. The van der Waals surface area contributed by atoms with Crippen LogP contribution >= 0.6 is 0 Å². The molecule has 0 amide bonds. The van der Waals surface area contributed by atoms with Crippen molar-refractivity contribution in [1.82, 2.24) is 5.32 Å². The van der Waals surface area contributed by atoms with Gasteiger partial charge in [0.2, 0.25) is 5.75 Å². The van der Waals surface area contributed by atoms with Gasteiger partial charge in [0.1, 0.15) is 5.75 Å². The highest BCUT2D eigenvalue weighted by Crippen LogP contribution is 2.30. The Hall–Kier alpha value is -1.82. The molecule has 1 atom stereocenters. The normalized spacial score (nSPS) is 18.3. The molecule has 104 valence electrons. The lowest BCUT2D eigenvalue weighted by atomic mass is 10.1. The van der Waals surface area contributed by atoms with Gasteiger partial charge in [-0.2, -0.15) is 0 Å². The molecular formula is C13H18N2O4. The van der Waals surface area contributed by atoms with Crippen molar-refractivity contribution in [1.29, 1.82) is 0 Å². The van der Waals surface area contributed by atoms with E-state index in [-0.39, 0.29) is 11.4 Å². The smallest absolute Gasteiger partial charge is 0.311 e. The van der Waals surface area contributed by atoms with Crippen molar-refractivity contribution < 1.29 is 14.4 Å². The van der Waals surface area contributed by atoms with Gasteiger partial charge in [0.15, 0.2) is 0 Å². The predicted octanol–water partition coefficient (Wildman–Crippen LogP) is 1.98. The van der Waals surface area contributed by atoms with Gasteiger partial charge in [-0.15, -0.1) is 0 Å². The molecule has 1 N–H and O–H groups in total. The van der Waals surface area contributed by atoms with Gasteiger partial charge >= 0.3 is 5.69 Å². The topological polar surface area (TPSA) is 73.6 Å². The lowest BCUT2D eigenvalue weighted by molar-refractivity contribution is -0.385. The zero-order valence-electron chi connectivity index (χ0n) is 10.9. The molecule has 6 heteroatoms. The van der Waals surface area contributed by atoms with Crippen molar-refractivity contribution >= 4 is 5.69 Å². The second-order valence-electron chi connectivity index (χ2n) is 4.59. The Morgan fingerprint density at radius 2 is 2.37 bits per heavy atom. The van der Waals surface area contributed by atoms with Crippen molar-refractivity contribution in [2.75, 3.05) is 26.8 Å². The van der Waals surface area contributed by atoms with E-state index in [0.29, 0.717) is 18.3 Å². The number of nitro benzene ring substituents is 1. The minimum atomic E-state index is -0.465. The van der Waals surface area contributed by atoms with Gasteiger partial charge in [-0.05, 0) is 37.9 Å². The van der Waals surface area contributed by atoms with Crippen molar-refractivity contribution in [3.05, 3.63) is 28.3 Å². The van der Waals surface area contributed by atoms with Crippen LogP contribution in [0.2, 0.25) is 0 Å². The summed E-state index contributed by atoms with van der Waals surface area (Å²) < 4.78 is 10.6. The Kier molecular flexibility index (Phi) is 4.57. The number of hydrogen-bond donors (Lipinski definition) is 1. The average molecular weight is 266 g/mol. The molecule has 6 nitrogen and oxygen atoms in total. The minimum Gasteiger partial charge on any atom is -0.493 e. The first-order valence-corrected chi connectivity index (χ1v) is 6.36. The molecule has 1 aliphatic heterocycles. The zero-order valence-corrected chi connectivity index (χ0v) is 10.9. The van der Waals surface area contributed by atoms with Gasteiger partial charge in [0.05, 0.1) is 18.6 Å². The number of rotatable bonds is 6. The average Bonchev–Trinajstić information content (AvgIpc) is 2.91. The molecule has 0 bridgehead atoms. The van der Waals surface area contributed by atoms with E-state index in [1.165, 1.54) is 19.6 Å². The van der Waals surface area contributed by atoms with E-state index in [1.54, 1.807) is 12.1 Å². The van der Waals surface area contributed by atoms with Crippen molar-refractivity contribution in [2.45, 2.75) is 12.8 Å². The van der Waals surface area contributed by atoms with Crippen molar-refractivity contribution in [3.8, 4) is 11.5 Å². The Morgan fingerprint density at radius 1 is 1.53 bits per heavy atom. The van der Waals surface area contributed by atoms with Crippen LogP contribution in [0.5, 0.6) is 11.5 Å². The largest absolute Gasteiger partial charge is 0.493 e. The van der Waals surface area contributed by atoms with Crippen LogP contribution in [0.4, 0.5) is 5.69 Å². The van der Waals surface area contributed by atoms with Gasteiger partial charge in [-0.1, -0.05) is 0 Å². The Balaban J connectivity index is 1.91. The predicted molar refractivity (Wildman–Crippen MR) is 70.7 cm³/mol. The molecule has 1 heterocycles. The molecule has 1 fully saturated rings. The maximum atomic E-state index is 10.8. The molecule has 1 aliphatic rings. The van der Waals surface area contributed by atoms with E-state index in [1.807, 2.05) is 0 Å². The van der Waals surface area contributed by atoms with Crippen LogP contribution in [-0.2, 0) is 0 Å². The Morgan fingerprint density at radius 3 is 3.00 bits per heavy atom. The fraction of sp³-hybridized carbons (Fsp3) is 0.538. The number of benzene rings is 1. The molecule has 19 heavy (non-hydrogen) atoms. The van der Waals surface area contributed by atoms with Gasteiger partial charge in [-0.25, -0.2) is 0 Å². The van der Waals surface area contributed by atoms with Crippen LogP contribution in [0.3, 0.4) is 0 Å². The number of methoxy groups -OCH3 is 1. The van der Waals surface area contributed by atoms with Crippen LogP contribution in [0, 0.1) is 16.0 Å². The summed E-state index contributed by atoms with van der Waals surface area (Å²) in [6.07, 6.45) is 2.18. The minimum absolute atomic E-state index is 0.0464. The molecule has 0 aromatic heterocycles. The third kappa shape index (κ3) is 3.57. The number of hydrogen-bond acceptors (Lipinski definition) is 5. The molecule has 1 aromatic rings. The van der Waals surface area contributed by atoms with E-state index < -0.39 is 4.92 Å². The molecular weight excluding hydrogens is 248 g/mol. The summed E-state index contributed by atoms with van der Waals surface area (Å²) >= 11 is 0. The quantitative estimate of drug-likeness (QED) is 0.629. The van der Waals surface area contributed by atoms with E-state index in [0.717, 1.165) is 19.5 Å². The summed E-state index contributed by atoms with van der Waals surface area (Å²) in [5, 5.41) is 14.1. The molecule has 0 spiro atoms. The highest BCUT2D eigenvalue weighted by molar-refractivity contribution is 5.50. The lowest BCUT2D eigenvalue weighted by Gasteiger charge is -2.10. The number of nitro groups is 1. The Labute approximate surface area is 111 Å². The van der Waals surface area contributed by atoms with E-state index in [9.17, 15) is 10.1 Å². The number of nitrogens with zero attached hydrogens (tertiary/aromatic N) is 1. The number of nitrogens with one attached hydrogen (secondary N) is 1. The van der Waals surface area contributed by atoms with Crippen LogP contribution in [0.15, 0.2) is 18.2 Å². The van der Waals surface area contributed by atoms with E-state index in [2.05, 4.69) is 5.32 Å². The first kappa shape index (κ1) is 13.6. The standard InChI is InChI=1S/C13H18N2O4/c1-18-13-8-11(2-3-12(13)15(16)17)19-7-5-10-4-6-14-9-10/h2-3,8,10,14H,4-7,9H2,1H3. The van der Waals surface area contributed by atoms with E-state index in [4.69, 9.17) is 9.47 Å². The summed E-state index contributed by atoms with van der Waals surface area (Å²) in [4.78, 5) is 10.3. The van der Waals surface area contributed by atoms with Crippen molar-refractivity contribution in [3.63, 3.8) is 0 Å². The molecule has 2 rings (SSSR count). The second-order valence-corrected chi connectivity index (χ2v) is 4.59. The SMILES string of the molecule is COc1cc(OCCC2CCNC2)ccc1[N+](=O)[O-]. The maximum Gasteiger partial charge on any atom is 0.311 e. The lowest BCUT2D eigenvalue weighted by Crippen LogP contribution is -2.11. The van der Waals surface area contributed by atoms with Gasteiger partial charge in [-0.3, -0.25) is 10.1 Å². The Bertz CT molecular complexity index is 444. The molecule has 1 saturated heterocycles. The molecule has 0 radical (unpaired) electrons. The van der Waals surface area contributed by atoms with Crippen LogP contribution in [0.25, 0.3) is 0 Å². The van der Waals surface area contributed by atoms with Gasteiger partial charge < -0.3 is 14.8 Å². The monoisotopic (exact) mass is 266 g/mol. The second kappa shape index (κ2) is 6.38. The van der Waals surface area contributed by atoms with Gasteiger partial charge in [0, 0.05) is 12.1 Å². The van der Waals surface area contributed by atoms with E-state index >= 15 is 0 Å². The number of ether oxygens (including phenoxy) is 2. The van der Waals surface area contributed by atoms with Gasteiger partial charge in [0.25, 0.3) is 0 Å². The molecule has 1 aromatic carbocycles. The molecule has 0 saturated carbocycles. The third-order valence-corrected chi connectivity index (χ3v) is 3.31. The van der Waals surface area contributed by atoms with Crippen molar-refractivity contribution in [2.24, 2.45) is 5.92 Å².